The van der Waals surface area contributed by atoms with Crippen LogP contribution in [0.1, 0.15) is 19.3 Å². The van der Waals surface area contributed by atoms with Crippen LogP contribution in [0.2, 0.25) is 0 Å². The lowest BCUT2D eigenvalue weighted by Crippen LogP contribution is -1.99. The van der Waals surface area contributed by atoms with E-state index in [0.717, 1.165) is 19.3 Å². The molecule has 0 saturated carbocycles. The molecule has 13 heavy (non-hydrogen) atoms. The average molecular weight is 178 g/mol. The predicted octanol–water partition coefficient (Wildman–Crippen LogP) is 2.85. The highest BCUT2D eigenvalue weighted by molar-refractivity contribution is 4.93. The van der Waals surface area contributed by atoms with Crippen LogP contribution in [0, 0.1) is 5.92 Å². The van der Waals surface area contributed by atoms with Gasteiger partial charge in [0.15, 0.2) is 0 Å². The number of allylic oxidation sites excluding steroid dienone is 2. The Bertz CT molecular complexity index is 197. The Morgan fingerprint density at radius 1 is 1.23 bits per heavy atom. The summed E-state index contributed by atoms with van der Waals surface area (Å²) < 4.78 is 0. The molecular formula is C12H18O. The van der Waals surface area contributed by atoms with Crippen molar-refractivity contribution in [3.63, 3.8) is 0 Å². The standard InChI is InChI=1S/C12H18O/c1-3-5-6-7-8-10-12(11-13)9-4-2/h3-4,7,10,12-13H,1-2,5-6,9,11H2. The van der Waals surface area contributed by atoms with Crippen LogP contribution in [0.15, 0.2) is 43.2 Å². The molecule has 0 radical (unpaired) electrons. The SMILES string of the molecule is C=CCCC=C=CC(CO)CC=C. The van der Waals surface area contributed by atoms with E-state index in [-0.39, 0.29) is 12.5 Å². The average Bonchev–Trinajstić information content (AvgIpc) is 2.16. The molecule has 0 bridgehead atoms. The highest BCUT2D eigenvalue weighted by atomic mass is 16.3. The number of hydrogen-bond donors (Lipinski definition) is 1. The van der Waals surface area contributed by atoms with Crippen LogP contribution >= 0.6 is 0 Å². The minimum Gasteiger partial charge on any atom is -0.396 e. The Balaban J connectivity index is 3.82. The maximum absolute atomic E-state index is 8.91. The molecular weight excluding hydrogens is 160 g/mol. The molecule has 72 valence electrons. The summed E-state index contributed by atoms with van der Waals surface area (Å²) in [5, 5.41) is 8.91. The zero-order valence-electron chi connectivity index (χ0n) is 8.08. The molecule has 0 aromatic heterocycles. The van der Waals surface area contributed by atoms with Gasteiger partial charge in [-0.05, 0) is 31.4 Å². The van der Waals surface area contributed by atoms with Gasteiger partial charge in [0.05, 0.1) is 6.61 Å². The first-order valence-electron chi connectivity index (χ1n) is 4.58. The second-order valence-electron chi connectivity index (χ2n) is 2.87. The number of aliphatic hydroxyl groups excluding tert-OH is 1. The summed E-state index contributed by atoms with van der Waals surface area (Å²) in [4.78, 5) is 0. The Morgan fingerprint density at radius 3 is 2.54 bits per heavy atom. The maximum atomic E-state index is 8.91. The van der Waals surface area contributed by atoms with E-state index < -0.39 is 0 Å². The third kappa shape index (κ3) is 7.32. The molecule has 1 nitrogen and oxygen atoms in total. The van der Waals surface area contributed by atoms with E-state index in [0.29, 0.717) is 0 Å². The molecule has 0 amide bonds. The van der Waals surface area contributed by atoms with E-state index in [1.807, 2.05) is 24.3 Å². The van der Waals surface area contributed by atoms with Crippen LogP contribution in [-0.4, -0.2) is 11.7 Å². The van der Waals surface area contributed by atoms with E-state index in [1.165, 1.54) is 0 Å². The molecule has 0 aliphatic rings. The second-order valence-corrected chi connectivity index (χ2v) is 2.87. The summed E-state index contributed by atoms with van der Waals surface area (Å²) in [6.07, 6.45) is 10.3. The van der Waals surface area contributed by atoms with Gasteiger partial charge in [0.2, 0.25) is 0 Å². The Hall–Kier alpha value is -1.04. The van der Waals surface area contributed by atoms with Crippen molar-refractivity contribution < 1.29 is 5.11 Å². The number of hydrogen-bond acceptors (Lipinski definition) is 1. The second kappa shape index (κ2) is 9.05. The van der Waals surface area contributed by atoms with Crippen LogP contribution in [0.25, 0.3) is 0 Å². The largest absolute Gasteiger partial charge is 0.396 e. The summed E-state index contributed by atoms with van der Waals surface area (Å²) in [7, 11) is 0. The maximum Gasteiger partial charge on any atom is 0.0502 e. The van der Waals surface area contributed by atoms with E-state index in [9.17, 15) is 0 Å². The highest BCUT2D eigenvalue weighted by Crippen LogP contribution is 2.03. The zero-order chi connectivity index (χ0) is 9.94. The van der Waals surface area contributed by atoms with Crippen molar-refractivity contribution in [3.05, 3.63) is 43.2 Å². The molecule has 1 N–H and O–H groups in total. The molecule has 1 unspecified atom stereocenters. The third-order valence-electron chi connectivity index (χ3n) is 1.67. The fourth-order valence-electron chi connectivity index (χ4n) is 0.898. The van der Waals surface area contributed by atoms with Crippen molar-refractivity contribution in [2.75, 3.05) is 6.61 Å². The lowest BCUT2D eigenvalue weighted by molar-refractivity contribution is 0.254. The molecule has 0 aromatic carbocycles. The van der Waals surface area contributed by atoms with Gasteiger partial charge in [-0.25, -0.2) is 0 Å². The minimum atomic E-state index is 0.161. The third-order valence-corrected chi connectivity index (χ3v) is 1.67. The van der Waals surface area contributed by atoms with Crippen LogP contribution in [-0.2, 0) is 0 Å². The van der Waals surface area contributed by atoms with Crippen molar-refractivity contribution in [2.24, 2.45) is 5.92 Å². The van der Waals surface area contributed by atoms with Gasteiger partial charge in [-0.2, -0.15) is 0 Å². The molecule has 0 aromatic rings. The highest BCUT2D eigenvalue weighted by Gasteiger charge is 1.97. The number of rotatable bonds is 7. The van der Waals surface area contributed by atoms with Crippen LogP contribution < -0.4 is 0 Å². The number of aliphatic hydroxyl groups is 1. The molecule has 0 heterocycles. The molecule has 0 rings (SSSR count). The van der Waals surface area contributed by atoms with Crippen molar-refractivity contribution in [1.82, 2.24) is 0 Å². The molecule has 0 fully saturated rings. The first-order chi connectivity index (χ1) is 6.35. The van der Waals surface area contributed by atoms with E-state index >= 15 is 0 Å². The van der Waals surface area contributed by atoms with Crippen LogP contribution in [0.5, 0.6) is 0 Å². The van der Waals surface area contributed by atoms with Gasteiger partial charge in [0.1, 0.15) is 0 Å². The predicted molar refractivity (Wildman–Crippen MR) is 57.5 cm³/mol. The molecule has 0 saturated heterocycles. The van der Waals surface area contributed by atoms with Crippen molar-refractivity contribution in [3.8, 4) is 0 Å². The first kappa shape index (κ1) is 12.0. The zero-order valence-corrected chi connectivity index (χ0v) is 8.08. The molecule has 1 heteroatoms. The van der Waals surface area contributed by atoms with Gasteiger partial charge >= 0.3 is 0 Å². The van der Waals surface area contributed by atoms with Crippen molar-refractivity contribution in [1.29, 1.82) is 0 Å². The van der Waals surface area contributed by atoms with Crippen molar-refractivity contribution in [2.45, 2.75) is 19.3 Å². The van der Waals surface area contributed by atoms with E-state index in [2.05, 4.69) is 18.9 Å². The Labute approximate surface area is 80.8 Å². The van der Waals surface area contributed by atoms with Gasteiger partial charge in [-0.15, -0.1) is 18.9 Å². The Morgan fingerprint density at radius 2 is 2.00 bits per heavy atom. The quantitative estimate of drug-likeness (QED) is 0.361. The molecule has 0 spiro atoms. The topological polar surface area (TPSA) is 20.2 Å². The van der Waals surface area contributed by atoms with Gasteiger partial charge in [-0.3, -0.25) is 0 Å². The monoisotopic (exact) mass is 178 g/mol. The molecule has 1 atom stereocenters. The normalized spacial score (nSPS) is 11.2. The fourth-order valence-corrected chi connectivity index (χ4v) is 0.898. The fraction of sp³-hybridized carbons (Fsp3) is 0.417. The van der Waals surface area contributed by atoms with E-state index in [4.69, 9.17) is 5.11 Å². The summed E-state index contributed by atoms with van der Waals surface area (Å²) in [5.41, 5.74) is 3.05. The Kier molecular flexibility index (Phi) is 8.33. The summed E-state index contributed by atoms with van der Waals surface area (Å²) in [6, 6.07) is 0. The summed E-state index contributed by atoms with van der Waals surface area (Å²) >= 11 is 0. The molecule has 0 aliphatic carbocycles. The summed E-state index contributed by atoms with van der Waals surface area (Å²) in [6.45, 7) is 7.41. The van der Waals surface area contributed by atoms with Gasteiger partial charge in [0, 0.05) is 5.92 Å². The lowest BCUT2D eigenvalue weighted by Gasteiger charge is -2.01. The smallest absolute Gasteiger partial charge is 0.0502 e. The van der Waals surface area contributed by atoms with E-state index in [1.54, 1.807) is 0 Å². The van der Waals surface area contributed by atoms with Crippen LogP contribution in [0.4, 0.5) is 0 Å². The lowest BCUT2D eigenvalue weighted by atomic mass is 10.1. The van der Waals surface area contributed by atoms with Gasteiger partial charge in [-0.1, -0.05) is 12.2 Å². The van der Waals surface area contributed by atoms with Gasteiger partial charge in [0.25, 0.3) is 0 Å². The first-order valence-corrected chi connectivity index (χ1v) is 4.58. The molecule has 0 aliphatic heterocycles. The summed E-state index contributed by atoms with van der Waals surface area (Å²) in [5.74, 6) is 0.164. The van der Waals surface area contributed by atoms with Crippen molar-refractivity contribution >= 4 is 0 Å². The number of unbranched alkanes of at least 4 members (excludes halogenated alkanes) is 1. The minimum absolute atomic E-state index is 0.161. The van der Waals surface area contributed by atoms with Gasteiger partial charge < -0.3 is 5.11 Å². The van der Waals surface area contributed by atoms with Crippen LogP contribution in [0.3, 0.4) is 0 Å².